The fourth-order valence-electron chi connectivity index (χ4n) is 3.41. The van der Waals surface area contributed by atoms with E-state index in [0.29, 0.717) is 33.6 Å². The third-order valence-electron chi connectivity index (χ3n) is 4.87. The van der Waals surface area contributed by atoms with Gasteiger partial charge in [-0.05, 0) is 46.3 Å². The molecule has 0 atom stereocenters. The Morgan fingerprint density at radius 2 is 1.81 bits per heavy atom. The first kappa shape index (κ1) is 22.2. The van der Waals surface area contributed by atoms with Gasteiger partial charge in [-0.1, -0.05) is 23.2 Å². The number of carboxylic acid groups (broad SMARTS) is 1. The van der Waals surface area contributed by atoms with E-state index in [1.54, 1.807) is 6.07 Å². The van der Waals surface area contributed by atoms with Crippen molar-refractivity contribution in [2.75, 3.05) is 31.1 Å². The van der Waals surface area contributed by atoms with E-state index < -0.39 is 16.2 Å². The van der Waals surface area contributed by atoms with Gasteiger partial charge in [0.1, 0.15) is 10.5 Å². The largest absolute Gasteiger partial charge is 0.513 e. The summed E-state index contributed by atoms with van der Waals surface area (Å²) >= 11 is 15.6. The molecule has 2 heterocycles. The fraction of sp³-hybridized carbons (Fsp3) is 0.211. The van der Waals surface area contributed by atoms with Gasteiger partial charge in [0.15, 0.2) is 0 Å². The van der Waals surface area contributed by atoms with E-state index in [2.05, 4.69) is 20.7 Å². The van der Waals surface area contributed by atoms with Crippen molar-refractivity contribution in [3.8, 4) is 5.95 Å². The second kappa shape index (κ2) is 8.51. The third-order valence-corrected chi connectivity index (χ3v) is 8.32. The van der Waals surface area contributed by atoms with Crippen LogP contribution < -0.4 is 9.64 Å². The van der Waals surface area contributed by atoms with Crippen LogP contribution in [0.25, 0.3) is 11.0 Å². The number of ether oxygens (including phenoxy) is 1. The third kappa shape index (κ3) is 4.35. The Bertz CT molecular complexity index is 1270. The highest BCUT2D eigenvalue weighted by atomic mass is 79.9. The molecule has 1 N–H and O–H groups in total. The average Bonchev–Trinajstić information content (AvgIpc) is 3.13. The predicted molar refractivity (Wildman–Crippen MR) is 120 cm³/mol. The molecule has 31 heavy (non-hydrogen) atoms. The van der Waals surface area contributed by atoms with Crippen molar-refractivity contribution >= 4 is 72.0 Å². The van der Waals surface area contributed by atoms with E-state index in [-0.39, 0.29) is 29.0 Å². The summed E-state index contributed by atoms with van der Waals surface area (Å²) in [6, 6.07) is 9.37. The van der Waals surface area contributed by atoms with Crippen LogP contribution in [0.4, 0.5) is 10.5 Å². The Balaban J connectivity index is 1.54. The number of hydrogen-bond acceptors (Lipinski definition) is 6. The van der Waals surface area contributed by atoms with E-state index in [4.69, 9.17) is 32.7 Å². The zero-order valence-corrected chi connectivity index (χ0v) is 19.6. The smallest absolute Gasteiger partial charge is 0.449 e. The molecule has 0 unspecified atom stereocenters. The molecule has 2 aromatic carbocycles. The van der Waals surface area contributed by atoms with Crippen molar-refractivity contribution in [1.29, 1.82) is 0 Å². The van der Waals surface area contributed by atoms with Gasteiger partial charge in [-0.15, -0.1) is 0 Å². The molecule has 1 saturated heterocycles. The molecule has 164 valence electrons. The molecule has 0 amide bonds. The molecule has 3 aromatic rings. The standard InChI is InChI=1S/C19H15BrCl2N2O6S/c20-18-12-10-17(30-19(25)26)29-15(12)4-3-14(18)23-5-7-24(8-6-23)31(27,28)16-9-11(21)1-2-13(16)22/h1-4,9-10H,5-8H2,(H,25,26). The van der Waals surface area contributed by atoms with Crippen LogP contribution in [0.2, 0.25) is 10.0 Å². The molecule has 0 bridgehead atoms. The van der Waals surface area contributed by atoms with Crippen LogP contribution in [0.1, 0.15) is 0 Å². The Morgan fingerprint density at radius 1 is 1.10 bits per heavy atom. The summed E-state index contributed by atoms with van der Waals surface area (Å²) in [6.07, 6.45) is -1.47. The van der Waals surface area contributed by atoms with Crippen molar-refractivity contribution < 1.29 is 27.5 Å². The van der Waals surface area contributed by atoms with Crippen LogP contribution in [-0.2, 0) is 10.0 Å². The molecule has 8 nitrogen and oxygen atoms in total. The quantitative estimate of drug-likeness (QED) is 0.453. The lowest BCUT2D eigenvalue weighted by Crippen LogP contribution is -2.48. The highest BCUT2D eigenvalue weighted by Crippen LogP contribution is 2.38. The molecule has 0 saturated carbocycles. The minimum Gasteiger partial charge on any atom is -0.449 e. The fourth-order valence-corrected chi connectivity index (χ4v) is 6.26. The van der Waals surface area contributed by atoms with Gasteiger partial charge in [-0.2, -0.15) is 4.31 Å². The van der Waals surface area contributed by atoms with Crippen molar-refractivity contribution in [2.45, 2.75) is 4.90 Å². The van der Waals surface area contributed by atoms with Gasteiger partial charge in [-0.3, -0.25) is 0 Å². The zero-order valence-electron chi connectivity index (χ0n) is 15.7. The second-order valence-corrected chi connectivity index (χ2v) is 10.3. The molecule has 1 aromatic heterocycles. The number of piperazine rings is 1. The number of nitrogens with zero attached hydrogens (tertiary/aromatic N) is 2. The van der Waals surface area contributed by atoms with Gasteiger partial charge in [0.25, 0.3) is 5.95 Å². The van der Waals surface area contributed by atoms with Crippen molar-refractivity contribution in [3.63, 3.8) is 0 Å². The first-order valence-electron chi connectivity index (χ1n) is 9.00. The number of halogens is 3. The van der Waals surface area contributed by atoms with Gasteiger partial charge >= 0.3 is 6.16 Å². The topological polar surface area (TPSA) is 100 Å². The molecule has 0 radical (unpaired) electrons. The summed E-state index contributed by atoms with van der Waals surface area (Å²) in [5, 5.41) is 9.82. The van der Waals surface area contributed by atoms with Gasteiger partial charge < -0.3 is 19.2 Å². The molecule has 0 spiro atoms. The summed E-state index contributed by atoms with van der Waals surface area (Å²) in [5.74, 6) is -0.130. The molecule has 1 fully saturated rings. The van der Waals surface area contributed by atoms with Gasteiger partial charge in [0, 0.05) is 42.7 Å². The van der Waals surface area contributed by atoms with E-state index in [1.165, 1.54) is 28.6 Å². The number of sulfonamides is 1. The van der Waals surface area contributed by atoms with Crippen LogP contribution in [0.3, 0.4) is 0 Å². The summed E-state index contributed by atoms with van der Waals surface area (Å²) in [5.41, 5.74) is 1.29. The van der Waals surface area contributed by atoms with Gasteiger partial charge in [0.2, 0.25) is 10.0 Å². The highest BCUT2D eigenvalue weighted by Gasteiger charge is 2.31. The number of rotatable bonds is 4. The summed E-state index contributed by atoms with van der Waals surface area (Å²) in [7, 11) is -3.78. The number of hydrogen-bond donors (Lipinski definition) is 1. The lowest BCUT2D eigenvalue weighted by Gasteiger charge is -2.36. The predicted octanol–water partition coefficient (Wildman–Crippen LogP) is 5.07. The van der Waals surface area contributed by atoms with E-state index >= 15 is 0 Å². The van der Waals surface area contributed by atoms with Crippen molar-refractivity contribution in [1.82, 2.24) is 4.31 Å². The highest BCUT2D eigenvalue weighted by molar-refractivity contribution is 9.10. The maximum atomic E-state index is 13.0. The number of anilines is 1. The van der Waals surface area contributed by atoms with Gasteiger partial charge in [0.05, 0.1) is 15.2 Å². The molecule has 1 aliphatic heterocycles. The first-order valence-corrected chi connectivity index (χ1v) is 12.0. The Kier molecular flexibility index (Phi) is 6.10. The SMILES string of the molecule is O=C(O)Oc1cc2c(Br)c(N3CCN(S(=O)(=O)c4cc(Cl)ccc4Cl)CC3)ccc2o1. The maximum absolute atomic E-state index is 13.0. The summed E-state index contributed by atoms with van der Waals surface area (Å²) < 4.78 is 38.1. The van der Waals surface area contributed by atoms with Crippen LogP contribution in [0, 0.1) is 0 Å². The lowest BCUT2D eigenvalue weighted by atomic mass is 10.2. The first-order chi connectivity index (χ1) is 14.7. The molecular formula is C19H15BrCl2N2O6S. The molecule has 12 heteroatoms. The van der Waals surface area contributed by atoms with Crippen molar-refractivity contribution in [3.05, 3.63) is 50.9 Å². The number of benzene rings is 2. The lowest BCUT2D eigenvalue weighted by molar-refractivity contribution is 0.134. The Labute approximate surface area is 196 Å². The number of fused-ring (bicyclic) bond motifs is 1. The Morgan fingerprint density at radius 3 is 2.48 bits per heavy atom. The van der Waals surface area contributed by atoms with E-state index in [9.17, 15) is 13.2 Å². The van der Waals surface area contributed by atoms with E-state index in [0.717, 1.165) is 5.69 Å². The molecular weight excluding hydrogens is 535 g/mol. The van der Waals surface area contributed by atoms with Crippen LogP contribution in [0.15, 0.2) is 50.2 Å². The minimum absolute atomic E-state index is 0.0120. The summed E-state index contributed by atoms with van der Waals surface area (Å²) in [6.45, 7) is 1.40. The minimum atomic E-state index is -3.78. The second-order valence-electron chi connectivity index (χ2n) is 6.71. The Hall–Kier alpha value is -1.98. The van der Waals surface area contributed by atoms with Crippen LogP contribution in [-0.4, -0.2) is 50.2 Å². The molecule has 1 aliphatic rings. The number of furan rings is 1. The van der Waals surface area contributed by atoms with Gasteiger partial charge in [-0.25, -0.2) is 13.2 Å². The maximum Gasteiger partial charge on any atom is 0.513 e. The normalized spacial score (nSPS) is 15.4. The summed E-state index contributed by atoms with van der Waals surface area (Å²) in [4.78, 5) is 12.7. The van der Waals surface area contributed by atoms with Crippen LogP contribution in [0.5, 0.6) is 5.95 Å². The average molecular weight is 550 g/mol. The van der Waals surface area contributed by atoms with E-state index in [1.807, 2.05) is 11.0 Å². The molecule has 0 aliphatic carbocycles. The zero-order chi connectivity index (χ0) is 22.3. The van der Waals surface area contributed by atoms with Crippen molar-refractivity contribution in [2.24, 2.45) is 0 Å². The number of carbonyl (C=O) groups is 1. The van der Waals surface area contributed by atoms with Crippen LogP contribution >= 0.6 is 39.1 Å². The monoisotopic (exact) mass is 548 g/mol. The molecule has 4 rings (SSSR count).